The Morgan fingerprint density at radius 1 is 1.10 bits per heavy atom. The summed E-state index contributed by atoms with van der Waals surface area (Å²) < 4.78 is 33.2. The number of carbonyl (C=O) groups is 3. The molecule has 0 aliphatic heterocycles. The third-order valence-electron chi connectivity index (χ3n) is 3.90. The van der Waals surface area contributed by atoms with Crippen LogP contribution in [0.1, 0.15) is 52.3 Å². The molecule has 0 aliphatic carbocycles. The summed E-state index contributed by atoms with van der Waals surface area (Å²) in [5.74, 6) is -1.88. The van der Waals surface area contributed by atoms with E-state index < -0.39 is 34.3 Å². The molecule has 0 saturated heterocycles. The molecule has 162 valence electrons. The maximum Gasteiger partial charge on any atom is 0.341 e. The lowest BCUT2D eigenvalue weighted by molar-refractivity contribution is -0.119. The molecule has 2 rings (SSSR count). The number of carbonyl (C=O) groups excluding carboxylic acids is 3. The van der Waals surface area contributed by atoms with Gasteiger partial charge in [-0.25, -0.2) is 18.0 Å². The highest BCUT2D eigenvalue weighted by atomic mass is 32.2. The number of esters is 2. The van der Waals surface area contributed by atoms with Crippen molar-refractivity contribution in [3.8, 4) is 0 Å². The standard InChI is InChI=1S/C20H23NO7S2/c1-5-27-20(24)15-10-16(12(2)3)29-18(15)21-17(22)11-28-19(23)13-7-6-8-14(9-13)30(4,25)26/h6-10,12H,5,11H2,1-4H3,(H,21,22). The first kappa shape index (κ1) is 23.6. The number of rotatable bonds is 8. The van der Waals surface area contributed by atoms with Gasteiger partial charge in [-0.2, -0.15) is 0 Å². The van der Waals surface area contributed by atoms with E-state index in [-0.39, 0.29) is 28.5 Å². The molecule has 0 aliphatic rings. The molecule has 0 bridgehead atoms. The SMILES string of the molecule is CCOC(=O)c1cc(C(C)C)sc1NC(=O)COC(=O)c1cccc(S(C)(=O)=O)c1. The Kier molecular flexibility index (Phi) is 7.74. The van der Waals surface area contributed by atoms with Crippen LogP contribution >= 0.6 is 11.3 Å². The highest BCUT2D eigenvalue weighted by molar-refractivity contribution is 7.90. The average Bonchev–Trinajstić information content (AvgIpc) is 3.10. The van der Waals surface area contributed by atoms with Crippen LogP contribution in [0.15, 0.2) is 35.2 Å². The third-order valence-corrected chi connectivity index (χ3v) is 6.36. The molecule has 0 saturated carbocycles. The minimum atomic E-state index is -3.48. The fourth-order valence-corrected chi connectivity index (χ4v) is 4.11. The van der Waals surface area contributed by atoms with E-state index >= 15 is 0 Å². The van der Waals surface area contributed by atoms with E-state index in [0.29, 0.717) is 5.00 Å². The second-order valence-electron chi connectivity index (χ2n) is 6.69. The molecule has 0 radical (unpaired) electrons. The molecule has 2 aromatic rings. The number of hydrogen-bond acceptors (Lipinski definition) is 8. The number of ether oxygens (including phenoxy) is 2. The molecule has 1 aromatic carbocycles. The Balaban J connectivity index is 2.08. The van der Waals surface area contributed by atoms with Gasteiger partial charge in [0.25, 0.3) is 5.91 Å². The van der Waals surface area contributed by atoms with Gasteiger partial charge in [-0.05, 0) is 37.1 Å². The average molecular weight is 454 g/mol. The van der Waals surface area contributed by atoms with E-state index in [9.17, 15) is 22.8 Å². The Labute approximate surface area is 179 Å². The van der Waals surface area contributed by atoms with Crippen molar-refractivity contribution in [1.29, 1.82) is 0 Å². The van der Waals surface area contributed by atoms with Gasteiger partial charge in [0, 0.05) is 11.1 Å². The van der Waals surface area contributed by atoms with Crippen molar-refractivity contribution in [1.82, 2.24) is 0 Å². The van der Waals surface area contributed by atoms with E-state index in [0.717, 1.165) is 11.1 Å². The van der Waals surface area contributed by atoms with Crippen molar-refractivity contribution < 1.29 is 32.3 Å². The predicted octanol–water partition coefficient (Wildman–Crippen LogP) is 3.25. The van der Waals surface area contributed by atoms with Crippen molar-refractivity contribution in [2.75, 3.05) is 24.8 Å². The Morgan fingerprint density at radius 3 is 2.40 bits per heavy atom. The quantitative estimate of drug-likeness (QED) is 0.610. The first-order chi connectivity index (χ1) is 14.0. The number of nitrogens with one attached hydrogen (secondary N) is 1. The maximum absolute atomic E-state index is 12.3. The summed E-state index contributed by atoms with van der Waals surface area (Å²) in [6.45, 7) is 5.20. The summed E-state index contributed by atoms with van der Waals surface area (Å²) in [4.78, 5) is 37.4. The molecule has 10 heteroatoms. The summed E-state index contributed by atoms with van der Waals surface area (Å²) in [5.41, 5.74) is 0.252. The lowest BCUT2D eigenvalue weighted by Gasteiger charge is -2.08. The number of thiophene rings is 1. The summed E-state index contributed by atoms with van der Waals surface area (Å²) in [6, 6.07) is 7.02. The molecule has 1 aromatic heterocycles. The van der Waals surface area contributed by atoms with E-state index in [1.165, 1.54) is 35.6 Å². The highest BCUT2D eigenvalue weighted by Crippen LogP contribution is 2.33. The second kappa shape index (κ2) is 9.86. The van der Waals surface area contributed by atoms with Gasteiger partial charge < -0.3 is 14.8 Å². The zero-order chi connectivity index (χ0) is 22.5. The summed E-state index contributed by atoms with van der Waals surface area (Å²) >= 11 is 1.25. The summed E-state index contributed by atoms with van der Waals surface area (Å²) in [7, 11) is -3.48. The zero-order valence-electron chi connectivity index (χ0n) is 17.1. The van der Waals surface area contributed by atoms with Gasteiger partial charge in [0.05, 0.1) is 22.6 Å². The first-order valence-electron chi connectivity index (χ1n) is 9.10. The molecule has 1 heterocycles. The molecule has 1 amide bonds. The minimum Gasteiger partial charge on any atom is -0.462 e. The van der Waals surface area contributed by atoms with Gasteiger partial charge in [0.2, 0.25) is 0 Å². The van der Waals surface area contributed by atoms with Crippen LogP contribution in [0.2, 0.25) is 0 Å². The maximum atomic E-state index is 12.3. The van der Waals surface area contributed by atoms with Crippen molar-refractivity contribution in [2.45, 2.75) is 31.6 Å². The monoisotopic (exact) mass is 453 g/mol. The van der Waals surface area contributed by atoms with Crippen molar-refractivity contribution in [3.05, 3.63) is 46.3 Å². The van der Waals surface area contributed by atoms with Gasteiger partial charge in [-0.1, -0.05) is 19.9 Å². The van der Waals surface area contributed by atoms with Crippen LogP contribution in [0, 0.1) is 0 Å². The van der Waals surface area contributed by atoms with E-state index in [2.05, 4.69) is 5.32 Å². The van der Waals surface area contributed by atoms with Crippen LogP contribution in [-0.2, 0) is 24.1 Å². The molecule has 0 unspecified atom stereocenters. The Morgan fingerprint density at radius 2 is 1.80 bits per heavy atom. The van der Waals surface area contributed by atoms with E-state index in [1.54, 1.807) is 13.0 Å². The van der Waals surface area contributed by atoms with Crippen LogP contribution in [0.25, 0.3) is 0 Å². The normalized spacial score (nSPS) is 11.2. The molecule has 30 heavy (non-hydrogen) atoms. The molecular formula is C20H23NO7S2. The third kappa shape index (κ3) is 6.14. The van der Waals surface area contributed by atoms with Crippen LogP contribution in [-0.4, -0.2) is 45.7 Å². The summed E-state index contributed by atoms with van der Waals surface area (Å²) in [5, 5.41) is 2.89. The number of hydrogen-bond donors (Lipinski definition) is 1. The molecular weight excluding hydrogens is 430 g/mol. The Hall–Kier alpha value is -2.72. The highest BCUT2D eigenvalue weighted by Gasteiger charge is 2.21. The number of sulfone groups is 1. The predicted molar refractivity (Wildman–Crippen MR) is 113 cm³/mol. The van der Waals surface area contributed by atoms with E-state index in [4.69, 9.17) is 9.47 Å². The lowest BCUT2D eigenvalue weighted by atomic mass is 10.1. The molecule has 8 nitrogen and oxygen atoms in total. The van der Waals surface area contributed by atoms with Gasteiger partial charge in [0.15, 0.2) is 16.4 Å². The van der Waals surface area contributed by atoms with Crippen molar-refractivity contribution in [3.63, 3.8) is 0 Å². The lowest BCUT2D eigenvalue weighted by Crippen LogP contribution is -2.21. The fraction of sp³-hybridized carbons (Fsp3) is 0.350. The van der Waals surface area contributed by atoms with Crippen LogP contribution in [0.5, 0.6) is 0 Å². The van der Waals surface area contributed by atoms with Gasteiger partial charge >= 0.3 is 11.9 Å². The number of anilines is 1. The fourth-order valence-electron chi connectivity index (χ4n) is 2.38. The first-order valence-corrected chi connectivity index (χ1v) is 11.8. The smallest absolute Gasteiger partial charge is 0.341 e. The summed E-state index contributed by atoms with van der Waals surface area (Å²) in [6.07, 6.45) is 1.03. The van der Waals surface area contributed by atoms with Crippen LogP contribution in [0.4, 0.5) is 5.00 Å². The molecule has 0 atom stereocenters. The van der Waals surface area contributed by atoms with Crippen molar-refractivity contribution in [2.24, 2.45) is 0 Å². The van der Waals surface area contributed by atoms with Gasteiger partial charge in [0.1, 0.15) is 5.00 Å². The number of amides is 1. The molecule has 0 fully saturated rings. The molecule has 0 spiro atoms. The topological polar surface area (TPSA) is 116 Å². The van der Waals surface area contributed by atoms with Gasteiger partial charge in [-0.3, -0.25) is 4.79 Å². The number of benzene rings is 1. The van der Waals surface area contributed by atoms with Crippen LogP contribution < -0.4 is 5.32 Å². The largest absolute Gasteiger partial charge is 0.462 e. The molecule has 1 N–H and O–H groups in total. The van der Waals surface area contributed by atoms with Crippen LogP contribution in [0.3, 0.4) is 0 Å². The Bertz CT molecular complexity index is 1050. The van der Waals surface area contributed by atoms with Gasteiger partial charge in [-0.15, -0.1) is 11.3 Å². The minimum absolute atomic E-state index is 0.0103. The van der Waals surface area contributed by atoms with E-state index in [1.807, 2.05) is 13.8 Å². The zero-order valence-corrected chi connectivity index (χ0v) is 18.7. The van der Waals surface area contributed by atoms with Crippen molar-refractivity contribution >= 4 is 44.0 Å². The second-order valence-corrected chi connectivity index (χ2v) is 9.79.